The Bertz CT molecular complexity index is 166. The molecule has 0 bridgehead atoms. The molecule has 2 fully saturated rings. The van der Waals surface area contributed by atoms with Crippen molar-refractivity contribution in [1.82, 2.24) is 5.32 Å². The van der Waals surface area contributed by atoms with Gasteiger partial charge in [0.1, 0.15) is 0 Å². The van der Waals surface area contributed by atoms with Gasteiger partial charge in [0.25, 0.3) is 0 Å². The minimum Gasteiger partial charge on any atom is -0.378 e. The van der Waals surface area contributed by atoms with Crippen LogP contribution in [-0.2, 0) is 4.74 Å². The Labute approximate surface area is 87.4 Å². The molecule has 2 aliphatic rings. The molecule has 1 aliphatic carbocycles. The van der Waals surface area contributed by atoms with E-state index in [1.54, 1.807) is 0 Å². The Morgan fingerprint density at radius 2 is 2.00 bits per heavy atom. The number of hydrogen-bond donors (Lipinski definition) is 1. The van der Waals surface area contributed by atoms with Crippen molar-refractivity contribution < 1.29 is 4.74 Å². The van der Waals surface area contributed by atoms with Gasteiger partial charge in [-0.3, -0.25) is 0 Å². The fraction of sp³-hybridized carbons (Fsp3) is 1.00. The molecular formula is C12H23NO. The number of hydrogen-bond acceptors (Lipinski definition) is 2. The molecule has 1 saturated carbocycles. The maximum atomic E-state index is 5.65. The maximum Gasteiger partial charge on any atom is 0.0576 e. The van der Waals surface area contributed by atoms with E-state index < -0.39 is 0 Å². The quantitative estimate of drug-likeness (QED) is 0.729. The van der Waals surface area contributed by atoms with Crippen molar-refractivity contribution >= 4 is 0 Å². The summed E-state index contributed by atoms with van der Waals surface area (Å²) in [5, 5.41) is 3.30. The molecule has 0 aromatic carbocycles. The summed E-state index contributed by atoms with van der Waals surface area (Å²) in [5.74, 6) is 1.95. The monoisotopic (exact) mass is 197 g/mol. The molecule has 0 aromatic heterocycles. The van der Waals surface area contributed by atoms with E-state index in [2.05, 4.69) is 12.4 Å². The minimum absolute atomic E-state index is 0.603. The SMILES string of the molecule is CNCC1CCC1CCC1CCCO1. The van der Waals surface area contributed by atoms with Crippen LogP contribution >= 0.6 is 0 Å². The lowest BCUT2D eigenvalue weighted by molar-refractivity contribution is 0.0800. The lowest BCUT2D eigenvalue weighted by atomic mass is 9.71. The largest absolute Gasteiger partial charge is 0.378 e. The third-order valence-corrected chi connectivity index (χ3v) is 3.92. The number of ether oxygens (including phenoxy) is 1. The molecule has 82 valence electrons. The topological polar surface area (TPSA) is 21.3 Å². The van der Waals surface area contributed by atoms with Crippen LogP contribution in [0.15, 0.2) is 0 Å². The third kappa shape index (κ3) is 2.48. The highest BCUT2D eigenvalue weighted by Crippen LogP contribution is 2.38. The average Bonchev–Trinajstić information content (AvgIpc) is 2.65. The second-order valence-electron chi connectivity index (χ2n) is 4.87. The number of rotatable bonds is 5. The van der Waals surface area contributed by atoms with Gasteiger partial charge in [-0.15, -0.1) is 0 Å². The zero-order valence-corrected chi connectivity index (χ0v) is 9.30. The minimum atomic E-state index is 0.603. The van der Waals surface area contributed by atoms with Crippen LogP contribution in [0.2, 0.25) is 0 Å². The second kappa shape index (κ2) is 5.13. The van der Waals surface area contributed by atoms with Crippen LogP contribution in [0.5, 0.6) is 0 Å². The van der Waals surface area contributed by atoms with Crippen LogP contribution in [0.1, 0.15) is 38.5 Å². The second-order valence-corrected chi connectivity index (χ2v) is 4.87. The van der Waals surface area contributed by atoms with E-state index in [1.165, 1.54) is 45.1 Å². The average molecular weight is 197 g/mol. The van der Waals surface area contributed by atoms with Crippen LogP contribution in [0.4, 0.5) is 0 Å². The van der Waals surface area contributed by atoms with Gasteiger partial charge in [-0.25, -0.2) is 0 Å². The highest BCUT2D eigenvalue weighted by atomic mass is 16.5. The van der Waals surface area contributed by atoms with Gasteiger partial charge in [0, 0.05) is 6.61 Å². The van der Waals surface area contributed by atoms with E-state index in [0.717, 1.165) is 18.4 Å². The highest BCUT2D eigenvalue weighted by Gasteiger charge is 2.30. The standard InChI is InChI=1S/C12H23NO/c1-13-9-11-5-4-10(11)6-7-12-3-2-8-14-12/h10-13H,2-9H2,1H3. The molecule has 3 unspecified atom stereocenters. The fourth-order valence-corrected chi connectivity index (χ4v) is 2.82. The van der Waals surface area contributed by atoms with Crippen LogP contribution < -0.4 is 5.32 Å². The van der Waals surface area contributed by atoms with E-state index in [9.17, 15) is 0 Å². The van der Waals surface area contributed by atoms with Gasteiger partial charge in [-0.05, 0) is 64.0 Å². The molecule has 1 saturated heterocycles. The van der Waals surface area contributed by atoms with Crippen molar-refractivity contribution in [2.45, 2.75) is 44.6 Å². The van der Waals surface area contributed by atoms with Crippen molar-refractivity contribution in [3.05, 3.63) is 0 Å². The lowest BCUT2D eigenvalue weighted by Crippen LogP contribution is -2.34. The van der Waals surface area contributed by atoms with Crippen molar-refractivity contribution in [1.29, 1.82) is 0 Å². The summed E-state index contributed by atoms with van der Waals surface area (Å²) in [4.78, 5) is 0. The summed E-state index contributed by atoms with van der Waals surface area (Å²) in [6.45, 7) is 2.23. The molecule has 1 N–H and O–H groups in total. The maximum absolute atomic E-state index is 5.65. The molecule has 14 heavy (non-hydrogen) atoms. The van der Waals surface area contributed by atoms with E-state index in [-0.39, 0.29) is 0 Å². The summed E-state index contributed by atoms with van der Waals surface area (Å²) in [5.41, 5.74) is 0. The van der Waals surface area contributed by atoms with E-state index in [4.69, 9.17) is 4.74 Å². The molecule has 0 amide bonds. The van der Waals surface area contributed by atoms with E-state index in [0.29, 0.717) is 6.10 Å². The molecule has 3 atom stereocenters. The summed E-state index contributed by atoms with van der Waals surface area (Å²) >= 11 is 0. The number of nitrogens with one attached hydrogen (secondary N) is 1. The van der Waals surface area contributed by atoms with Crippen LogP contribution in [0, 0.1) is 11.8 Å². The summed E-state index contributed by atoms with van der Waals surface area (Å²) in [7, 11) is 2.06. The van der Waals surface area contributed by atoms with Crippen LogP contribution in [0.25, 0.3) is 0 Å². The third-order valence-electron chi connectivity index (χ3n) is 3.92. The Hall–Kier alpha value is -0.0800. The van der Waals surface area contributed by atoms with E-state index >= 15 is 0 Å². The first-order valence-corrected chi connectivity index (χ1v) is 6.16. The van der Waals surface area contributed by atoms with Gasteiger partial charge in [-0.1, -0.05) is 0 Å². The smallest absolute Gasteiger partial charge is 0.0576 e. The fourth-order valence-electron chi connectivity index (χ4n) is 2.82. The summed E-state index contributed by atoms with van der Waals surface area (Å²) < 4.78 is 5.65. The van der Waals surface area contributed by atoms with Gasteiger partial charge in [0.15, 0.2) is 0 Å². The van der Waals surface area contributed by atoms with E-state index in [1.807, 2.05) is 0 Å². The van der Waals surface area contributed by atoms with Crippen molar-refractivity contribution in [3.8, 4) is 0 Å². The zero-order chi connectivity index (χ0) is 9.80. The predicted octanol–water partition coefficient (Wildman–Crippen LogP) is 2.19. The summed E-state index contributed by atoms with van der Waals surface area (Å²) in [6, 6.07) is 0. The predicted molar refractivity (Wildman–Crippen MR) is 58.3 cm³/mol. The molecule has 2 heteroatoms. The van der Waals surface area contributed by atoms with Gasteiger partial charge in [0.05, 0.1) is 6.10 Å². The Kier molecular flexibility index (Phi) is 3.82. The van der Waals surface area contributed by atoms with Gasteiger partial charge in [0.2, 0.25) is 0 Å². The molecule has 0 aromatic rings. The van der Waals surface area contributed by atoms with Crippen LogP contribution in [0.3, 0.4) is 0 Å². The lowest BCUT2D eigenvalue weighted by Gasteiger charge is -2.37. The first-order valence-electron chi connectivity index (χ1n) is 6.16. The first-order chi connectivity index (χ1) is 6.90. The van der Waals surface area contributed by atoms with Crippen molar-refractivity contribution in [2.75, 3.05) is 20.2 Å². The molecule has 2 rings (SSSR count). The molecule has 1 aliphatic heterocycles. The molecule has 0 radical (unpaired) electrons. The van der Waals surface area contributed by atoms with Gasteiger partial charge in [-0.2, -0.15) is 0 Å². The Morgan fingerprint density at radius 3 is 2.57 bits per heavy atom. The van der Waals surface area contributed by atoms with Crippen LogP contribution in [-0.4, -0.2) is 26.3 Å². The molecular weight excluding hydrogens is 174 g/mol. The van der Waals surface area contributed by atoms with Gasteiger partial charge < -0.3 is 10.1 Å². The van der Waals surface area contributed by atoms with Gasteiger partial charge >= 0.3 is 0 Å². The first kappa shape index (κ1) is 10.4. The Morgan fingerprint density at radius 1 is 1.14 bits per heavy atom. The normalized spacial score (nSPS) is 37.1. The highest BCUT2D eigenvalue weighted by molar-refractivity contribution is 4.82. The molecule has 0 spiro atoms. The zero-order valence-electron chi connectivity index (χ0n) is 9.30. The summed E-state index contributed by atoms with van der Waals surface area (Å²) in [6.07, 6.45) is 8.81. The van der Waals surface area contributed by atoms with Crippen molar-refractivity contribution in [2.24, 2.45) is 11.8 Å². The molecule has 1 heterocycles. The Balaban J connectivity index is 1.60. The van der Waals surface area contributed by atoms with Crippen molar-refractivity contribution in [3.63, 3.8) is 0 Å². The molecule has 2 nitrogen and oxygen atoms in total.